The van der Waals surface area contributed by atoms with Crippen molar-refractivity contribution in [3.05, 3.63) is 78.1 Å². The van der Waals surface area contributed by atoms with Crippen molar-refractivity contribution in [3.63, 3.8) is 0 Å². The molecule has 154 valence electrons. The Morgan fingerprint density at radius 1 is 0.933 bits per heavy atom. The standard InChI is InChI=1S/C25H27N3O2/c1-27-13-15-28(16-14-27)23-18-22(7-8-25(23)30-2)24(29)17-19-3-5-20(6-4-19)21-9-11-26-12-10-21/h3-12,18H,13-17H2,1-2H3. The Bertz CT molecular complexity index is 995. The van der Waals surface area contributed by atoms with Crippen molar-refractivity contribution < 1.29 is 9.53 Å². The van der Waals surface area contributed by atoms with Crippen molar-refractivity contribution >= 4 is 11.5 Å². The molecule has 0 saturated carbocycles. The SMILES string of the molecule is COc1ccc(C(=O)Cc2ccc(-c3ccncc3)cc2)cc1N1CCN(C)CC1. The van der Waals surface area contributed by atoms with E-state index in [0.717, 1.165) is 59.9 Å². The summed E-state index contributed by atoms with van der Waals surface area (Å²) >= 11 is 0. The number of carbonyl (C=O) groups excluding carboxylic acids is 1. The Balaban J connectivity index is 1.50. The van der Waals surface area contributed by atoms with E-state index in [4.69, 9.17) is 4.74 Å². The average molecular weight is 402 g/mol. The van der Waals surface area contributed by atoms with Gasteiger partial charge in [-0.2, -0.15) is 0 Å². The van der Waals surface area contributed by atoms with Crippen LogP contribution in [-0.2, 0) is 6.42 Å². The van der Waals surface area contributed by atoms with E-state index >= 15 is 0 Å². The number of Topliss-reactive ketones (excluding diaryl/α,β-unsaturated/α-hetero) is 1. The van der Waals surface area contributed by atoms with E-state index in [1.807, 2.05) is 42.5 Å². The van der Waals surface area contributed by atoms with Crippen LogP contribution in [0, 0.1) is 0 Å². The topological polar surface area (TPSA) is 45.7 Å². The second-order valence-electron chi connectivity index (χ2n) is 7.71. The summed E-state index contributed by atoms with van der Waals surface area (Å²) in [6, 6.07) is 17.9. The van der Waals surface area contributed by atoms with Crippen LogP contribution in [0.15, 0.2) is 67.0 Å². The Morgan fingerprint density at radius 2 is 1.60 bits per heavy atom. The molecule has 0 atom stereocenters. The zero-order chi connectivity index (χ0) is 20.9. The third-order valence-electron chi connectivity index (χ3n) is 5.68. The minimum Gasteiger partial charge on any atom is -0.495 e. The average Bonchev–Trinajstić information content (AvgIpc) is 2.80. The van der Waals surface area contributed by atoms with E-state index in [1.165, 1.54) is 0 Å². The number of hydrogen-bond acceptors (Lipinski definition) is 5. The van der Waals surface area contributed by atoms with Crippen LogP contribution in [0.4, 0.5) is 5.69 Å². The number of benzene rings is 2. The summed E-state index contributed by atoms with van der Waals surface area (Å²) in [4.78, 5) is 21.7. The fourth-order valence-corrected chi connectivity index (χ4v) is 3.80. The molecule has 1 saturated heterocycles. The van der Waals surface area contributed by atoms with Crippen LogP contribution in [0.25, 0.3) is 11.1 Å². The van der Waals surface area contributed by atoms with Crippen molar-refractivity contribution in [3.8, 4) is 16.9 Å². The lowest BCUT2D eigenvalue weighted by atomic mass is 9.99. The predicted octanol–water partition coefficient (Wildman–Crippen LogP) is 3.93. The van der Waals surface area contributed by atoms with Crippen molar-refractivity contribution in [2.45, 2.75) is 6.42 Å². The van der Waals surface area contributed by atoms with Gasteiger partial charge in [-0.15, -0.1) is 0 Å². The molecule has 0 unspecified atom stereocenters. The maximum Gasteiger partial charge on any atom is 0.167 e. The summed E-state index contributed by atoms with van der Waals surface area (Å²) in [6.45, 7) is 3.87. The molecule has 30 heavy (non-hydrogen) atoms. The fraction of sp³-hybridized carbons (Fsp3) is 0.280. The van der Waals surface area contributed by atoms with Crippen molar-refractivity contribution in [1.29, 1.82) is 0 Å². The summed E-state index contributed by atoms with van der Waals surface area (Å²) in [6.07, 6.45) is 3.95. The van der Waals surface area contributed by atoms with Crippen LogP contribution in [0.5, 0.6) is 5.75 Å². The number of ether oxygens (including phenoxy) is 1. The van der Waals surface area contributed by atoms with E-state index in [2.05, 4.69) is 34.0 Å². The summed E-state index contributed by atoms with van der Waals surface area (Å²) in [7, 11) is 3.81. The lowest BCUT2D eigenvalue weighted by Gasteiger charge is -2.34. The monoisotopic (exact) mass is 401 g/mol. The van der Waals surface area contributed by atoms with Gasteiger partial charge in [0.05, 0.1) is 12.8 Å². The molecule has 4 rings (SSSR count). The molecule has 0 spiro atoms. The van der Waals surface area contributed by atoms with Gasteiger partial charge in [-0.25, -0.2) is 0 Å². The molecule has 0 N–H and O–H groups in total. The predicted molar refractivity (Wildman–Crippen MR) is 120 cm³/mol. The molecule has 0 radical (unpaired) electrons. The number of rotatable bonds is 6. The van der Waals surface area contributed by atoms with Crippen molar-refractivity contribution in [2.75, 3.05) is 45.2 Å². The summed E-state index contributed by atoms with van der Waals surface area (Å²) in [5.41, 5.74) is 4.98. The van der Waals surface area contributed by atoms with Crippen LogP contribution in [0.1, 0.15) is 15.9 Å². The Hall–Kier alpha value is -3.18. The number of hydrogen-bond donors (Lipinski definition) is 0. The van der Waals surface area contributed by atoms with E-state index < -0.39 is 0 Å². The molecular formula is C25H27N3O2. The van der Waals surface area contributed by atoms with Crippen LogP contribution < -0.4 is 9.64 Å². The van der Waals surface area contributed by atoms with Crippen molar-refractivity contribution in [1.82, 2.24) is 9.88 Å². The number of likely N-dealkylation sites (N-methyl/N-ethyl adjacent to an activating group) is 1. The first kappa shape index (κ1) is 20.1. The highest BCUT2D eigenvalue weighted by atomic mass is 16.5. The molecule has 2 aromatic carbocycles. The Morgan fingerprint density at radius 3 is 2.27 bits per heavy atom. The first-order valence-corrected chi connectivity index (χ1v) is 10.3. The molecule has 5 nitrogen and oxygen atoms in total. The van der Waals surface area contributed by atoms with Gasteiger partial charge in [-0.3, -0.25) is 9.78 Å². The van der Waals surface area contributed by atoms with Gasteiger partial charge < -0.3 is 14.5 Å². The number of methoxy groups -OCH3 is 1. The second-order valence-corrected chi connectivity index (χ2v) is 7.71. The molecule has 3 aromatic rings. The fourth-order valence-electron chi connectivity index (χ4n) is 3.80. The van der Waals surface area contributed by atoms with E-state index in [0.29, 0.717) is 6.42 Å². The smallest absolute Gasteiger partial charge is 0.167 e. The summed E-state index contributed by atoms with van der Waals surface area (Å²) in [5.74, 6) is 0.933. The number of ketones is 1. The maximum absolute atomic E-state index is 13.0. The maximum atomic E-state index is 13.0. The third kappa shape index (κ3) is 4.52. The first-order valence-electron chi connectivity index (χ1n) is 10.3. The lowest BCUT2D eigenvalue weighted by molar-refractivity contribution is 0.0993. The molecule has 1 aromatic heterocycles. The first-order chi connectivity index (χ1) is 14.6. The number of piperazine rings is 1. The van der Waals surface area contributed by atoms with E-state index in [-0.39, 0.29) is 5.78 Å². The molecule has 2 heterocycles. The van der Waals surface area contributed by atoms with Gasteiger partial charge >= 0.3 is 0 Å². The molecule has 1 aliphatic heterocycles. The third-order valence-corrected chi connectivity index (χ3v) is 5.68. The number of nitrogens with zero attached hydrogens (tertiary/aromatic N) is 3. The van der Waals surface area contributed by atoms with Crippen LogP contribution in [0.2, 0.25) is 0 Å². The molecule has 5 heteroatoms. The van der Waals surface area contributed by atoms with Gasteiger partial charge in [0.15, 0.2) is 5.78 Å². The molecule has 1 fully saturated rings. The normalized spacial score (nSPS) is 14.5. The Kier molecular flexibility index (Phi) is 6.10. The molecule has 0 aliphatic carbocycles. The van der Waals surface area contributed by atoms with Gasteiger partial charge in [-0.05, 0) is 54.1 Å². The second kappa shape index (κ2) is 9.09. The minimum atomic E-state index is 0.115. The Labute approximate surface area is 177 Å². The molecule has 0 amide bonds. The zero-order valence-electron chi connectivity index (χ0n) is 17.5. The highest BCUT2D eigenvalue weighted by Crippen LogP contribution is 2.30. The number of pyridine rings is 1. The highest BCUT2D eigenvalue weighted by Gasteiger charge is 2.19. The van der Waals surface area contributed by atoms with E-state index in [1.54, 1.807) is 19.5 Å². The molecule has 0 bridgehead atoms. The van der Waals surface area contributed by atoms with Gasteiger partial charge in [0.1, 0.15) is 5.75 Å². The largest absolute Gasteiger partial charge is 0.495 e. The van der Waals surface area contributed by atoms with Gasteiger partial charge in [0, 0.05) is 50.6 Å². The van der Waals surface area contributed by atoms with Crippen molar-refractivity contribution in [2.24, 2.45) is 0 Å². The molecular weight excluding hydrogens is 374 g/mol. The highest BCUT2D eigenvalue weighted by molar-refractivity contribution is 5.98. The number of aromatic nitrogens is 1. The van der Waals surface area contributed by atoms with Gasteiger partial charge in [0.2, 0.25) is 0 Å². The lowest BCUT2D eigenvalue weighted by Crippen LogP contribution is -2.44. The van der Waals surface area contributed by atoms with E-state index in [9.17, 15) is 4.79 Å². The van der Waals surface area contributed by atoms with Crippen LogP contribution in [0.3, 0.4) is 0 Å². The van der Waals surface area contributed by atoms with Gasteiger partial charge in [-0.1, -0.05) is 24.3 Å². The van der Waals surface area contributed by atoms with Crippen LogP contribution in [-0.4, -0.2) is 56.0 Å². The number of carbonyl (C=O) groups is 1. The summed E-state index contributed by atoms with van der Waals surface area (Å²) in [5, 5.41) is 0. The number of anilines is 1. The van der Waals surface area contributed by atoms with Crippen LogP contribution >= 0.6 is 0 Å². The zero-order valence-corrected chi connectivity index (χ0v) is 17.5. The minimum absolute atomic E-state index is 0.115. The molecule has 1 aliphatic rings. The quantitative estimate of drug-likeness (QED) is 0.586. The van der Waals surface area contributed by atoms with Gasteiger partial charge in [0.25, 0.3) is 0 Å². The summed E-state index contributed by atoms with van der Waals surface area (Å²) < 4.78 is 5.56.